The Hall–Kier alpha value is -2.36. The normalized spacial score (nSPS) is 14.9. The number of imidazole rings is 1. The first-order valence-electron chi connectivity index (χ1n) is 6.52. The van der Waals surface area contributed by atoms with Gasteiger partial charge in [-0.25, -0.2) is 4.98 Å². The van der Waals surface area contributed by atoms with Gasteiger partial charge >= 0.3 is 0 Å². The minimum absolute atomic E-state index is 0.545. The third kappa shape index (κ3) is 1.60. The van der Waals surface area contributed by atoms with Crippen molar-refractivity contribution in [2.45, 2.75) is 18.9 Å². The molecular weight excluding hydrogens is 236 g/mol. The molecule has 0 radical (unpaired) electrons. The summed E-state index contributed by atoms with van der Waals surface area (Å²) in [4.78, 5) is 9.13. The number of nitrogens with zero attached hydrogens (tertiary/aromatic N) is 3. The van der Waals surface area contributed by atoms with Crippen LogP contribution in [0.2, 0.25) is 0 Å². The van der Waals surface area contributed by atoms with Gasteiger partial charge in [-0.15, -0.1) is 0 Å². The third-order valence-electron chi connectivity index (χ3n) is 3.56. The molecule has 19 heavy (non-hydrogen) atoms. The van der Waals surface area contributed by atoms with Gasteiger partial charge in [-0.3, -0.25) is 4.98 Å². The number of rotatable bonds is 2. The molecule has 1 aromatic carbocycles. The van der Waals surface area contributed by atoms with E-state index < -0.39 is 0 Å². The number of para-hydroxylation sites is 2. The van der Waals surface area contributed by atoms with Gasteiger partial charge in [0.15, 0.2) is 5.82 Å². The van der Waals surface area contributed by atoms with Crippen molar-refractivity contribution < 1.29 is 0 Å². The van der Waals surface area contributed by atoms with E-state index in [9.17, 15) is 0 Å². The first-order chi connectivity index (χ1) is 9.34. The van der Waals surface area contributed by atoms with E-state index in [0.717, 1.165) is 17.0 Å². The van der Waals surface area contributed by atoms with Crippen LogP contribution in [0.3, 0.4) is 0 Å². The number of hydrogen-bond donors (Lipinski definition) is 1. The molecule has 0 unspecified atom stereocenters. The highest BCUT2D eigenvalue weighted by Crippen LogP contribution is 2.41. The molecule has 2 heterocycles. The summed E-state index contributed by atoms with van der Waals surface area (Å²) in [6, 6.07) is 12.5. The maximum atomic E-state index is 6.05. The molecule has 0 bridgehead atoms. The Kier molecular flexibility index (Phi) is 2.12. The highest BCUT2D eigenvalue weighted by molar-refractivity contribution is 5.82. The fraction of sp³-hybridized carbons (Fsp3) is 0.200. The van der Waals surface area contributed by atoms with Crippen molar-refractivity contribution in [1.29, 1.82) is 0 Å². The molecule has 0 saturated heterocycles. The molecule has 1 saturated carbocycles. The number of anilines is 1. The van der Waals surface area contributed by atoms with E-state index in [4.69, 9.17) is 10.7 Å². The Bertz CT molecular complexity index is 756. The lowest BCUT2D eigenvalue weighted by Crippen LogP contribution is -2.01. The maximum Gasteiger partial charge on any atom is 0.162 e. The first-order valence-corrected chi connectivity index (χ1v) is 6.52. The predicted molar refractivity (Wildman–Crippen MR) is 75.6 cm³/mol. The Morgan fingerprint density at radius 1 is 1.11 bits per heavy atom. The van der Waals surface area contributed by atoms with E-state index in [-0.39, 0.29) is 0 Å². The van der Waals surface area contributed by atoms with Crippen molar-refractivity contribution in [3.63, 3.8) is 0 Å². The van der Waals surface area contributed by atoms with Gasteiger partial charge in [0.05, 0.1) is 16.7 Å². The number of pyridine rings is 1. The second-order valence-corrected chi connectivity index (χ2v) is 4.97. The molecule has 1 aliphatic carbocycles. The van der Waals surface area contributed by atoms with Crippen molar-refractivity contribution in [2.24, 2.45) is 0 Å². The van der Waals surface area contributed by atoms with E-state index in [2.05, 4.69) is 21.7 Å². The molecule has 2 N–H and O–H groups in total. The third-order valence-corrected chi connectivity index (χ3v) is 3.56. The van der Waals surface area contributed by atoms with Crippen LogP contribution in [-0.4, -0.2) is 14.5 Å². The van der Waals surface area contributed by atoms with Crippen LogP contribution in [0.25, 0.3) is 22.6 Å². The maximum absolute atomic E-state index is 6.05. The topological polar surface area (TPSA) is 56.7 Å². The van der Waals surface area contributed by atoms with E-state index in [1.54, 1.807) is 6.20 Å². The fourth-order valence-electron chi connectivity index (χ4n) is 2.52. The Morgan fingerprint density at radius 3 is 2.74 bits per heavy atom. The van der Waals surface area contributed by atoms with E-state index in [1.165, 1.54) is 18.4 Å². The summed E-state index contributed by atoms with van der Waals surface area (Å²) in [7, 11) is 0. The van der Waals surface area contributed by atoms with Crippen LogP contribution in [0.1, 0.15) is 18.9 Å². The number of fused-ring (bicyclic) bond motifs is 1. The molecule has 0 amide bonds. The zero-order valence-electron chi connectivity index (χ0n) is 10.5. The SMILES string of the molecule is Nc1cccnc1-c1nc2ccccc2n1C1CC1. The fourth-order valence-corrected chi connectivity index (χ4v) is 2.52. The van der Waals surface area contributed by atoms with Crippen molar-refractivity contribution in [1.82, 2.24) is 14.5 Å². The van der Waals surface area contributed by atoms with Gasteiger partial charge in [0, 0.05) is 12.2 Å². The standard InChI is InChI=1S/C15H14N4/c16-11-4-3-9-17-14(11)15-18-12-5-1-2-6-13(12)19(15)10-7-8-10/h1-6,9-10H,7-8,16H2. The molecule has 2 aromatic heterocycles. The van der Waals surface area contributed by atoms with Gasteiger partial charge in [0.1, 0.15) is 5.69 Å². The average molecular weight is 250 g/mol. The van der Waals surface area contributed by atoms with Gasteiger partial charge in [0.25, 0.3) is 0 Å². The lowest BCUT2D eigenvalue weighted by atomic mass is 10.3. The molecule has 0 aliphatic heterocycles. The molecule has 0 spiro atoms. The molecule has 1 aliphatic rings. The van der Waals surface area contributed by atoms with Gasteiger partial charge in [-0.2, -0.15) is 0 Å². The molecule has 94 valence electrons. The summed E-state index contributed by atoms with van der Waals surface area (Å²) >= 11 is 0. The summed E-state index contributed by atoms with van der Waals surface area (Å²) in [6.07, 6.45) is 4.18. The lowest BCUT2D eigenvalue weighted by molar-refractivity contribution is 0.772. The van der Waals surface area contributed by atoms with E-state index in [0.29, 0.717) is 11.7 Å². The van der Waals surface area contributed by atoms with Gasteiger partial charge < -0.3 is 10.3 Å². The number of nitrogens with two attached hydrogens (primary N) is 1. The molecular formula is C15H14N4. The summed E-state index contributed by atoms with van der Waals surface area (Å²) < 4.78 is 2.29. The van der Waals surface area contributed by atoms with Crippen molar-refractivity contribution in [2.75, 3.05) is 5.73 Å². The van der Waals surface area contributed by atoms with Crippen LogP contribution in [0.5, 0.6) is 0 Å². The highest BCUT2D eigenvalue weighted by Gasteiger charge is 2.29. The zero-order chi connectivity index (χ0) is 12.8. The smallest absolute Gasteiger partial charge is 0.162 e. The molecule has 0 atom stereocenters. The number of aromatic nitrogens is 3. The number of hydrogen-bond acceptors (Lipinski definition) is 3. The second kappa shape index (κ2) is 3.82. The largest absolute Gasteiger partial charge is 0.397 e. The summed E-state index contributed by atoms with van der Waals surface area (Å²) in [5, 5.41) is 0. The van der Waals surface area contributed by atoms with Crippen LogP contribution in [0, 0.1) is 0 Å². The molecule has 4 heteroatoms. The van der Waals surface area contributed by atoms with E-state index in [1.807, 2.05) is 24.3 Å². The molecule has 3 aromatic rings. The minimum atomic E-state index is 0.545. The minimum Gasteiger partial charge on any atom is -0.397 e. The predicted octanol–water partition coefficient (Wildman–Crippen LogP) is 3.02. The van der Waals surface area contributed by atoms with Gasteiger partial charge in [-0.1, -0.05) is 12.1 Å². The van der Waals surface area contributed by atoms with Crippen LogP contribution in [0.4, 0.5) is 5.69 Å². The van der Waals surface area contributed by atoms with Gasteiger partial charge in [0.2, 0.25) is 0 Å². The van der Waals surface area contributed by atoms with Crippen molar-refractivity contribution >= 4 is 16.7 Å². The average Bonchev–Trinajstić information content (AvgIpc) is 3.19. The summed E-state index contributed by atoms with van der Waals surface area (Å²) in [5.41, 5.74) is 9.69. The Balaban J connectivity index is 2.04. The number of nitrogen functional groups attached to an aromatic ring is 1. The summed E-state index contributed by atoms with van der Waals surface area (Å²) in [6.45, 7) is 0. The highest BCUT2D eigenvalue weighted by atomic mass is 15.1. The number of benzene rings is 1. The molecule has 4 rings (SSSR count). The first kappa shape index (κ1) is 10.6. The lowest BCUT2D eigenvalue weighted by Gasteiger charge is -2.08. The Labute approximate surface area is 110 Å². The molecule has 4 nitrogen and oxygen atoms in total. The monoisotopic (exact) mass is 250 g/mol. The summed E-state index contributed by atoms with van der Waals surface area (Å²) in [5.74, 6) is 0.891. The molecule has 1 fully saturated rings. The van der Waals surface area contributed by atoms with Crippen molar-refractivity contribution in [3.05, 3.63) is 42.6 Å². The van der Waals surface area contributed by atoms with Crippen LogP contribution < -0.4 is 5.73 Å². The van der Waals surface area contributed by atoms with E-state index >= 15 is 0 Å². The van der Waals surface area contributed by atoms with Gasteiger partial charge in [-0.05, 0) is 37.1 Å². The van der Waals surface area contributed by atoms with Crippen LogP contribution >= 0.6 is 0 Å². The Morgan fingerprint density at radius 2 is 1.95 bits per heavy atom. The van der Waals surface area contributed by atoms with Crippen molar-refractivity contribution in [3.8, 4) is 11.5 Å². The second-order valence-electron chi connectivity index (χ2n) is 4.97. The van der Waals surface area contributed by atoms with Crippen LogP contribution in [0.15, 0.2) is 42.6 Å². The van der Waals surface area contributed by atoms with Crippen LogP contribution in [-0.2, 0) is 0 Å². The zero-order valence-corrected chi connectivity index (χ0v) is 10.5. The quantitative estimate of drug-likeness (QED) is 0.760.